The summed E-state index contributed by atoms with van der Waals surface area (Å²) in [5.41, 5.74) is 1.12. The van der Waals surface area contributed by atoms with Crippen LogP contribution >= 0.6 is 0 Å². The van der Waals surface area contributed by atoms with E-state index in [1.54, 1.807) is 12.1 Å². The molecule has 118 valence electrons. The van der Waals surface area contributed by atoms with Crippen molar-refractivity contribution in [3.8, 4) is 5.75 Å². The summed E-state index contributed by atoms with van der Waals surface area (Å²) in [6.45, 7) is 1.88. The fourth-order valence-electron chi connectivity index (χ4n) is 2.76. The van der Waals surface area contributed by atoms with E-state index in [-0.39, 0.29) is 11.8 Å². The fraction of sp³-hybridized carbons (Fsp3) is 0.625. The molecule has 1 aromatic rings. The number of nitrogens with one attached hydrogen (secondary N) is 1. The van der Waals surface area contributed by atoms with Crippen LogP contribution in [0.1, 0.15) is 37.8 Å². The van der Waals surface area contributed by atoms with Crippen LogP contribution in [0, 0.1) is 5.92 Å². The molecule has 1 N–H and O–H groups in total. The summed E-state index contributed by atoms with van der Waals surface area (Å²) in [6, 6.07) is 7.22. The van der Waals surface area contributed by atoms with E-state index in [1.807, 2.05) is 12.1 Å². The third-order valence-corrected chi connectivity index (χ3v) is 3.82. The molecule has 0 saturated carbocycles. The molecule has 0 amide bonds. The molecule has 1 aromatic carbocycles. The summed E-state index contributed by atoms with van der Waals surface area (Å²) in [4.78, 5) is 0. The lowest BCUT2D eigenvalue weighted by molar-refractivity contribution is -0.0498. The van der Waals surface area contributed by atoms with Crippen LogP contribution in [0.15, 0.2) is 24.3 Å². The van der Waals surface area contributed by atoms with E-state index in [2.05, 4.69) is 17.0 Å². The fourth-order valence-corrected chi connectivity index (χ4v) is 2.76. The number of halogens is 2. The van der Waals surface area contributed by atoms with Gasteiger partial charge in [-0.3, -0.25) is 0 Å². The molecule has 5 heteroatoms. The Kier molecular flexibility index (Phi) is 6.39. The monoisotopic (exact) mass is 299 g/mol. The Morgan fingerprint density at radius 3 is 2.48 bits per heavy atom. The van der Waals surface area contributed by atoms with Crippen LogP contribution in [0.25, 0.3) is 0 Å². The molecule has 3 nitrogen and oxygen atoms in total. The van der Waals surface area contributed by atoms with Gasteiger partial charge in [-0.25, -0.2) is 0 Å². The summed E-state index contributed by atoms with van der Waals surface area (Å²) in [5.74, 6) is 0.724. The van der Waals surface area contributed by atoms with Gasteiger partial charge in [-0.05, 0) is 49.4 Å². The van der Waals surface area contributed by atoms with E-state index in [0.717, 1.165) is 44.6 Å². The van der Waals surface area contributed by atoms with Crippen molar-refractivity contribution in [2.45, 2.75) is 38.8 Å². The van der Waals surface area contributed by atoms with Crippen molar-refractivity contribution in [2.75, 3.05) is 19.8 Å². The summed E-state index contributed by atoms with van der Waals surface area (Å²) in [5, 5.41) is 3.57. The minimum absolute atomic E-state index is 0.204. The van der Waals surface area contributed by atoms with Gasteiger partial charge in [0.2, 0.25) is 0 Å². The van der Waals surface area contributed by atoms with Crippen molar-refractivity contribution in [2.24, 2.45) is 5.92 Å². The highest BCUT2D eigenvalue weighted by Crippen LogP contribution is 2.31. The second-order valence-corrected chi connectivity index (χ2v) is 5.33. The van der Waals surface area contributed by atoms with Crippen molar-refractivity contribution in [3.63, 3.8) is 0 Å². The van der Waals surface area contributed by atoms with E-state index in [0.29, 0.717) is 5.92 Å². The number of hydrogen-bond acceptors (Lipinski definition) is 3. The molecule has 21 heavy (non-hydrogen) atoms. The highest BCUT2D eigenvalue weighted by Gasteiger charge is 2.24. The van der Waals surface area contributed by atoms with Gasteiger partial charge in [0.15, 0.2) is 0 Å². The lowest BCUT2D eigenvalue weighted by Crippen LogP contribution is -2.32. The van der Waals surface area contributed by atoms with Gasteiger partial charge in [0.1, 0.15) is 5.75 Å². The Labute approximate surface area is 124 Å². The number of benzene rings is 1. The molecule has 1 atom stereocenters. The van der Waals surface area contributed by atoms with Crippen LogP contribution in [0.4, 0.5) is 8.78 Å². The van der Waals surface area contributed by atoms with E-state index in [9.17, 15) is 8.78 Å². The second-order valence-electron chi connectivity index (χ2n) is 5.33. The zero-order chi connectivity index (χ0) is 15.1. The molecule has 0 spiro atoms. The summed E-state index contributed by atoms with van der Waals surface area (Å²) < 4.78 is 34.2. The van der Waals surface area contributed by atoms with Gasteiger partial charge in [0.25, 0.3) is 0 Å². The molecule has 1 fully saturated rings. The Balaban J connectivity index is 2.07. The predicted octanol–water partition coefficient (Wildman–Crippen LogP) is 3.76. The standard InChI is InChI=1S/C16H23F2NO2/c1-2-9-19-15(13-7-10-20-11-8-13)12-3-5-14(6-4-12)21-16(17)18/h3-6,13,15-16,19H,2,7-11H2,1H3. The smallest absolute Gasteiger partial charge is 0.387 e. The van der Waals surface area contributed by atoms with E-state index >= 15 is 0 Å². The van der Waals surface area contributed by atoms with Crippen LogP contribution in [0.3, 0.4) is 0 Å². The average molecular weight is 299 g/mol. The molecular formula is C16H23F2NO2. The topological polar surface area (TPSA) is 30.5 Å². The van der Waals surface area contributed by atoms with Gasteiger partial charge >= 0.3 is 6.61 Å². The lowest BCUT2D eigenvalue weighted by atomic mass is 9.87. The Morgan fingerprint density at radius 1 is 1.24 bits per heavy atom. The van der Waals surface area contributed by atoms with Gasteiger partial charge in [-0.15, -0.1) is 0 Å². The second kappa shape index (κ2) is 8.29. The van der Waals surface area contributed by atoms with Crippen LogP contribution in [0.5, 0.6) is 5.75 Å². The van der Waals surface area contributed by atoms with Gasteiger partial charge in [0, 0.05) is 19.3 Å². The van der Waals surface area contributed by atoms with Gasteiger partial charge < -0.3 is 14.8 Å². The molecule has 0 aromatic heterocycles. The van der Waals surface area contributed by atoms with Crippen molar-refractivity contribution >= 4 is 0 Å². The average Bonchev–Trinajstić information content (AvgIpc) is 2.50. The van der Waals surface area contributed by atoms with E-state index < -0.39 is 6.61 Å². The summed E-state index contributed by atoms with van der Waals surface area (Å²) in [6.07, 6.45) is 3.11. The minimum Gasteiger partial charge on any atom is -0.435 e. The van der Waals surface area contributed by atoms with Gasteiger partial charge in [-0.2, -0.15) is 8.78 Å². The molecular weight excluding hydrogens is 276 g/mol. The van der Waals surface area contributed by atoms with Crippen molar-refractivity contribution in [1.82, 2.24) is 5.32 Å². The molecule has 1 aliphatic rings. The van der Waals surface area contributed by atoms with E-state index in [4.69, 9.17) is 4.74 Å². The molecule has 0 bridgehead atoms. The first-order valence-electron chi connectivity index (χ1n) is 7.56. The molecule has 0 aliphatic carbocycles. The maximum absolute atomic E-state index is 12.2. The van der Waals surface area contributed by atoms with E-state index in [1.165, 1.54) is 0 Å². The number of hydrogen-bond donors (Lipinski definition) is 1. The van der Waals surface area contributed by atoms with Gasteiger partial charge in [-0.1, -0.05) is 19.1 Å². The molecule has 1 aliphatic heterocycles. The Morgan fingerprint density at radius 2 is 1.90 bits per heavy atom. The highest BCUT2D eigenvalue weighted by atomic mass is 19.3. The summed E-state index contributed by atoms with van der Waals surface area (Å²) in [7, 11) is 0. The quantitative estimate of drug-likeness (QED) is 0.831. The molecule has 1 unspecified atom stereocenters. The number of ether oxygens (including phenoxy) is 2. The van der Waals surface area contributed by atoms with Crippen molar-refractivity contribution < 1.29 is 18.3 Å². The van der Waals surface area contributed by atoms with Gasteiger partial charge in [0.05, 0.1) is 0 Å². The third-order valence-electron chi connectivity index (χ3n) is 3.82. The predicted molar refractivity (Wildman–Crippen MR) is 77.7 cm³/mol. The number of rotatable bonds is 7. The van der Waals surface area contributed by atoms with Crippen molar-refractivity contribution in [3.05, 3.63) is 29.8 Å². The first-order valence-corrected chi connectivity index (χ1v) is 7.56. The molecule has 1 saturated heterocycles. The maximum atomic E-state index is 12.2. The zero-order valence-corrected chi connectivity index (χ0v) is 12.4. The Bertz CT molecular complexity index is 405. The van der Waals surface area contributed by atoms with Crippen molar-refractivity contribution in [1.29, 1.82) is 0 Å². The first-order chi connectivity index (χ1) is 10.2. The molecule has 0 radical (unpaired) electrons. The first kappa shape index (κ1) is 16.2. The molecule has 1 heterocycles. The largest absolute Gasteiger partial charge is 0.435 e. The highest BCUT2D eigenvalue weighted by molar-refractivity contribution is 5.29. The molecule has 2 rings (SSSR count). The maximum Gasteiger partial charge on any atom is 0.387 e. The normalized spacial score (nSPS) is 17.9. The van der Waals surface area contributed by atoms with Crippen LogP contribution < -0.4 is 10.1 Å². The SMILES string of the molecule is CCCNC(c1ccc(OC(F)F)cc1)C1CCOCC1. The zero-order valence-electron chi connectivity index (χ0n) is 12.4. The van der Waals surface area contributed by atoms with Crippen LogP contribution in [-0.2, 0) is 4.74 Å². The minimum atomic E-state index is -2.78. The van der Waals surface area contributed by atoms with Crippen LogP contribution in [-0.4, -0.2) is 26.4 Å². The lowest BCUT2D eigenvalue weighted by Gasteiger charge is -2.31. The Hall–Kier alpha value is -1.20. The third kappa shape index (κ3) is 4.93. The number of alkyl halides is 2. The van der Waals surface area contributed by atoms with Crippen LogP contribution in [0.2, 0.25) is 0 Å². The summed E-state index contributed by atoms with van der Waals surface area (Å²) >= 11 is 0.